The van der Waals surface area contributed by atoms with Crippen molar-refractivity contribution in [2.75, 3.05) is 6.79 Å². The Morgan fingerprint density at radius 2 is 1.96 bits per heavy atom. The van der Waals surface area contributed by atoms with E-state index in [4.69, 9.17) is 18.7 Å². The Morgan fingerprint density at radius 1 is 1.15 bits per heavy atom. The summed E-state index contributed by atoms with van der Waals surface area (Å²) in [6.45, 7) is 2.16. The zero-order chi connectivity index (χ0) is 18.6. The molecule has 2 aromatic carbocycles. The van der Waals surface area contributed by atoms with Gasteiger partial charge in [-0.15, -0.1) is 0 Å². The molecule has 0 unspecified atom stereocenters. The number of ether oxygens (including phenoxy) is 3. The molecule has 7 heteroatoms. The highest BCUT2D eigenvalue weighted by Gasteiger charge is 2.17. The number of carbonyl (C=O) groups is 1. The lowest BCUT2D eigenvalue weighted by Gasteiger charge is -2.13. The van der Waals surface area contributed by atoms with E-state index in [2.05, 4.69) is 10.5 Å². The van der Waals surface area contributed by atoms with Crippen LogP contribution in [0.1, 0.15) is 12.6 Å². The van der Waals surface area contributed by atoms with E-state index in [-0.39, 0.29) is 19.2 Å². The molecule has 1 aliphatic heterocycles. The van der Waals surface area contributed by atoms with Crippen molar-refractivity contribution in [2.45, 2.75) is 19.6 Å². The fourth-order valence-electron chi connectivity index (χ4n) is 2.66. The van der Waals surface area contributed by atoms with Gasteiger partial charge in [0.15, 0.2) is 23.4 Å². The van der Waals surface area contributed by atoms with E-state index in [0.717, 1.165) is 5.56 Å². The largest absolute Gasteiger partial charge is 0.481 e. The number of rotatable bonds is 6. The van der Waals surface area contributed by atoms with Gasteiger partial charge in [-0.25, -0.2) is 0 Å². The second kappa shape index (κ2) is 7.41. The van der Waals surface area contributed by atoms with E-state index in [1.807, 2.05) is 36.4 Å². The minimum absolute atomic E-state index is 0.218. The second-order valence-electron chi connectivity index (χ2n) is 6.04. The maximum Gasteiger partial charge on any atom is 0.261 e. The molecule has 0 saturated heterocycles. The Kier molecular flexibility index (Phi) is 4.65. The predicted octanol–water partition coefficient (Wildman–Crippen LogP) is 3.15. The number of hydrogen-bond acceptors (Lipinski definition) is 6. The Balaban J connectivity index is 1.35. The van der Waals surface area contributed by atoms with E-state index >= 15 is 0 Å². The lowest BCUT2D eigenvalue weighted by atomic mass is 10.1. The van der Waals surface area contributed by atoms with Crippen LogP contribution in [0.25, 0.3) is 11.3 Å². The molecule has 1 amide bonds. The lowest BCUT2D eigenvalue weighted by molar-refractivity contribution is -0.127. The number of benzene rings is 2. The van der Waals surface area contributed by atoms with Crippen LogP contribution >= 0.6 is 0 Å². The van der Waals surface area contributed by atoms with E-state index in [9.17, 15) is 4.79 Å². The highest BCUT2D eigenvalue weighted by Crippen LogP contribution is 2.35. The van der Waals surface area contributed by atoms with Gasteiger partial charge >= 0.3 is 0 Å². The van der Waals surface area contributed by atoms with Crippen molar-refractivity contribution in [3.05, 3.63) is 60.3 Å². The first-order valence-electron chi connectivity index (χ1n) is 8.54. The van der Waals surface area contributed by atoms with Crippen LogP contribution in [-0.4, -0.2) is 24.0 Å². The third-order valence-electron chi connectivity index (χ3n) is 4.09. The quantitative estimate of drug-likeness (QED) is 0.722. The number of para-hydroxylation sites is 1. The molecule has 7 nitrogen and oxygen atoms in total. The molecular weight excluding hydrogens is 348 g/mol. The zero-order valence-corrected chi connectivity index (χ0v) is 14.7. The van der Waals surface area contributed by atoms with Crippen molar-refractivity contribution in [1.82, 2.24) is 10.5 Å². The van der Waals surface area contributed by atoms with Gasteiger partial charge in [-0.1, -0.05) is 23.4 Å². The van der Waals surface area contributed by atoms with Crippen LogP contribution in [0, 0.1) is 0 Å². The SMILES string of the molecule is C[C@H](Oc1ccccc1)C(=O)NCc1cc(-c2ccc3c(c2)OCO3)on1. The number of fused-ring (bicyclic) bond motifs is 1. The van der Waals surface area contributed by atoms with Crippen molar-refractivity contribution < 1.29 is 23.5 Å². The molecule has 0 fully saturated rings. The first-order valence-corrected chi connectivity index (χ1v) is 8.54. The summed E-state index contributed by atoms with van der Waals surface area (Å²) in [6, 6.07) is 16.5. The van der Waals surface area contributed by atoms with Gasteiger partial charge in [0, 0.05) is 11.6 Å². The van der Waals surface area contributed by atoms with Crippen LogP contribution in [0.5, 0.6) is 17.2 Å². The average Bonchev–Trinajstić information content (AvgIpc) is 3.35. The van der Waals surface area contributed by atoms with Crippen LogP contribution in [0.2, 0.25) is 0 Å². The summed E-state index contributed by atoms with van der Waals surface area (Å²) in [6.07, 6.45) is -0.618. The van der Waals surface area contributed by atoms with Crippen molar-refractivity contribution in [1.29, 1.82) is 0 Å². The molecule has 138 valence electrons. The molecule has 1 aliphatic rings. The first kappa shape index (κ1) is 17.0. The molecule has 1 atom stereocenters. The van der Waals surface area contributed by atoms with E-state index in [1.165, 1.54) is 0 Å². The van der Waals surface area contributed by atoms with Gasteiger partial charge in [0.1, 0.15) is 11.4 Å². The zero-order valence-electron chi connectivity index (χ0n) is 14.7. The van der Waals surface area contributed by atoms with Crippen molar-refractivity contribution in [3.63, 3.8) is 0 Å². The van der Waals surface area contributed by atoms with Crippen LogP contribution in [0.4, 0.5) is 0 Å². The molecule has 0 radical (unpaired) electrons. The molecule has 1 aromatic heterocycles. The maximum absolute atomic E-state index is 12.2. The van der Waals surface area contributed by atoms with E-state index in [1.54, 1.807) is 25.1 Å². The fourth-order valence-corrected chi connectivity index (χ4v) is 2.66. The minimum atomic E-state index is -0.618. The van der Waals surface area contributed by atoms with Gasteiger partial charge in [0.25, 0.3) is 5.91 Å². The van der Waals surface area contributed by atoms with Crippen LogP contribution in [0.15, 0.2) is 59.1 Å². The second-order valence-corrected chi connectivity index (χ2v) is 6.04. The molecule has 4 rings (SSSR count). The van der Waals surface area contributed by atoms with Gasteiger partial charge in [-0.05, 0) is 37.3 Å². The van der Waals surface area contributed by atoms with E-state index < -0.39 is 6.10 Å². The summed E-state index contributed by atoms with van der Waals surface area (Å²) >= 11 is 0. The maximum atomic E-state index is 12.2. The topological polar surface area (TPSA) is 82.8 Å². The normalized spacial score (nSPS) is 13.2. The van der Waals surface area contributed by atoms with Crippen LogP contribution < -0.4 is 19.5 Å². The number of carbonyl (C=O) groups excluding carboxylic acids is 1. The molecular formula is C20H18N2O5. The minimum Gasteiger partial charge on any atom is -0.481 e. The molecule has 2 heterocycles. The summed E-state index contributed by atoms with van der Waals surface area (Å²) in [7, 11) is 0. The van der Waals surface area contributed by atoms with Gasteiger partial charge in [0.2, 0.25) is 6.79 Å². The average molecular weight is 366 g/mol. The third-order valence-corrected chi connectivity index (χ3v) is 4.09. The van der Waals surface area contributed by atoms with Gasteiger partial charge in [0.05, 0.1) is 6.54 Å². The molecule has 0 bridgehead atoms. The summed E-state index contributed by atoms with van der Waals surface area (Å²) in [4.78, 5) is 12.2. The van der Waals surface area contributed by atoms with Gasteiger partial charge < -0.3 is 24.1 Å². The molecule has 0 aliphatic carbocycles. The summed E-state index contributed by atoms with van der Waals surface area (Å²) in [5, 5.41) is 6.79. The summed E-state index contributed by atoms with van der Waals surface area (Å²) in [5.74, 6) is 2.38. The molecule has 27 heavy (non-hydrogen) atoms. The van der Waals surface area contributed by atoms with Crippen molar-refractivity contribution in [3.8, 4) is 28.6 Å². The summed E-state index contributed by atoms with van der Waals surface area (Å²) in [5.41, 5.74) is 1.44. The smallest absolute Gasteiger partial charge is 0.261 e. The highest BCUT2D eigenvalue weighted by atomic mass is 16.7. The number of nitrogens with one attached hydrogen (secondary N) is 1. The van der Waals surface area contributed by atoms with E-state index in [0.29, 0.717) is 28.7 Å². The fraction of sp³-hybridized carbons (Fsp3) is 0.200. The van der Waals surface area contributed by atoms with Gasteiger partial charge in [-0.2, -0.15) is 0 Å². The monoisotopic (exact) mass is 366 g/mol. The highest BCUT2D eigenvalue weighted by molar-refractivity contribution is 5.80. The molecule has 3 aromatic rings. The number of aromatic nitrogens is 1. The number of hydrogen-bond donors (Lipinski definition) is 1. The number of nitrogens with zero attached hydrogens (tertiary/aromatic N) is 1. The Hall–Kier alpha value is -3.48. The Labute approximate surface area is 155 Å². The van der Waals surface area contributed by atoms with Crippen molar-refractivity contribution >= 4 is 5.91 Å². The summed E-state index contributed by atoms with van der Waals surface area (Å²) < 4.78 is 21.6. The van der Waals surface area contributed by atoms with Crippen molar-refractivity contribution in [2.24, 2.45) is 0 Å². The molecule has 0 spiro atoms. The molecule has 0 saturated carbocycles. The molecule has 1 N–H and O–H groups in total. The number of amides is 1. The van der Waals surface area contributed by atoms with Gasteiger partial charge in [-0.3, -0.25) is 4.79 Å². The Bertz CT molecular complexity index is 939. The lowest BCUT2D eigenvalue weighted by Crippen LogP contribution is -2.35. The predicted molar refractivity (Wildman–Crippen MR) is 96.4 cm³/mol. The Morgan fingerprint density at radius 3 is 2.81 bits per heavy atom. The standard InChI is InChI=1S/C20H18N2O5/c1-13(26-16-5-3-2-4-6-16)20(23)21-11-15-10-18(27-22-15)14-7-8-17-19(9-14)25-12-24-17/h2-10,13H,11-12H2,1H3,(H,21,23)/t13-/m0/s1. The van der Waals surface area contributed by atoms with Crippen LogP contribution in [-0.2, 0) is 11.3 Å². The first-order chi connectivity index (χ1) is 13.2. The van der Waals surface area contributed by atoms with Crippen LogP contribution in [0.3, 0.4) is 0 Å². The third kappa shape index (κ3) is 3.87.